The summed E-state index contributed by atoms with van der Waals surface area (Å²) in [5, 5.41) is 12.6. The number of hydrogen-bond acceptors (Lipinski definition) is 6. The van der Waals surface area contributed by atoms with E-state index >= 15 is 0 Å². The Balaban J connectivity index is 1.86. The number of aromatic nitrogens is 2. The average molecular weight is 488 g/mol. The van der Waals surface area contributed by atoms with Crippen molar-refractivity contribution < 1.29 is 26.7 Å². The van der Waals surface area contributed by atoms with Crippen LogP contribution in [0, 0.1) is 13.8 Å². The van der Waals surface area contributed by atoms with Crippen molar-refractivity contribution in [1.82, 2.24) is 9.97 Å². The smallest absolute Gasteiger partial charge is 0.417 e. The first-order valence-corrected chi connectivity index (χ1v) is 11.5. The van der Waals surface area contributed by atoms with Crippen LogP contribution in [-0.2, 0) is 16.2 Å². The third-order valence-corrected chi connectivity index (χ3v) is 6.50. The minimum Gasteiger partial charge on any atom is -0.508 e. The van der Waals surface area contributed by atoms with Crippen LogP contribution in [0.25, 0.3) is 11.0 Å². The lowest BCUT2D eigenvalue weighted by Gasteiger charge is -2.17. The maximum atomic E-state index is 13.5. The van der Waals surface area contributed by atoms with Crippen LogP contribution >= 0.6 is 0 Å². The van der Waals surface area contributed by atoms with Crippen LogP contribution in [0.15, 0.2) is 65.6 Å². The molecule has 4 rings (SSSR count). The summed E-state index contributed by atoms with van der Waals surface area (Å²) in [6.07, 6.45) is -4.88. The highest BCUT2D eigenvalue weighted by Crippen LogP contribution is 2.35. The standard InChI is InChI=1S/C23H19F3N4O3S/c1-13-10-18-19(11-14(13)2)29-22(21(28-18)27-15-6-5-7-16(31)12-15)30-34(32,33)20-9-4-3-8-17(20)23(24,25)26/h3-12,31H,1-2H3,(H,27,28)(H,29,30). The van der Waals surface area contributed by atoms with Gasteiger partial charge in [0.2, 0.25) is 0 Å². The van der Waals surface area contributed by atoms with Crippen molar-refractivity contribution in [2.45, 2.75) is 24.9 Å². The van der Waals surface area contributed by atoms with Crippen molar-refractivity contribution in [2.24, 2.45) is 0 Å². The van der Waals surface area contributed by atoms with Gasteiger partial charge in [0, 0.05) is 11.8 Å². The van der Waals surface area contributed by atoms with Gasteiger partial charge in [-0.15, -0.1) is 0 Å². The molecule has 0 spiro atoms. The van der Waals surface area contributed by atoms with Gasteiger partial charge in [-0.1, -0.05) is 18.2 Å². The molecule has 0 aliphatic rings. The molecule has 0 unspecified atom stereocenters. The highest BCUT2D eigenvalue weighted by atomic mass is 32.2. The number of nitrogens with one attached hydrogen (secondary N) is 2. The summed E-state index contributed by atoms with van der Waals surface area (Å²) >= 11 is 0. The normalized spacial score (nSPS) is 12.0. The van der Waals surface area contributed by atoms with Crippen molar-refractivity contribution >= 4 is 38.4 Å². The van der Waals surface area contributed by atoms with Crippen LogP contribution in [0.5, 0.6) is 5.75 Å². The van der Waals surface area contributed by atoms with Gasteiger partial charge in [-0.25, -0.2) is 18.4 Å². The Hall–Kier alpha value is -3.86. The monoisotopic (exact) mass is 488 g/mol. The number of nitrogens with zero attached hydrogens (tertiary/aromatic N) is 2. The van der Waals surface area contributed by atoms with E-state index in [2.05, 4.69) is 20.0 Å². The number of anilines is 3. The number of aromatic hydroxyl groups is 1. The quantitative estimate of drug-likeness (QED) is 0.342. The third kappa shape index (κ3) is 4.74. The predicted octanol–water partition coefficient (Wildman–Crippen LogP) is 5.52. The summed E-state index contributed by atoms with van der Waals surface area (Å²) in [6.45, 7) is 3.72. The summed E-state index contributed by atoms with van der Waals surface area (Å²) in [4.78, 5) is 7.85. The van der Waals surface area contributed by atoms with Gasteiger partial charge in [0.1, 0.15) is 5.75 Å². The van der Waals surface area contributed by atoms with Gasteiger partial charge in [0.25, 0.3) is 10.0 Å². The number of phenolic OH excluding ortho intramolecular Hbond substituents is 1. The molecule has 0 radical (unpaired) electrons. The SMILES string of the molecule is Cc1cc2nc(Nc3cccc(O)c3)c(NS(=O)(=O)c3ccccc3C(F)(F)F)nc2cc1C. The van der Waals surface area contributed by atoms with Crippen LogP contribution in [0.1, 0.15) is 16.7 Å². The minimum atomic E-state index is -4.88. The Bertz CT molecular complexity index is 1510. The fourth-order valence-electron chi connectivity index (χ4n) is 3.31. The van der Waals surface area contributed by atoms with E-state index in [1.54, 1.807) is 24.3 Å². The molecule has 0 aliphatic carbocycles. The third-order valence-electron chi connectivity index (χ3n) is 5.10. The van der Waals surface area contributed by atoms with E-state index < -0.39 is 26.7 Å². The second kappa shape index (κ2) is 8.49. The van der Waals surface area contributed by atoms with Gasteiger partial charge in [-0.2, -0.15) is 13.2 Å². The van der Waals surface area contributed by atoms with E-state index in [1.165, 1.54) is 18.2 Å². The summed E-state index contributed by atoms with van der Waals surface area (Å²) in [5.41, 5.74) is 1.68. The zero-order valence-corrected chi connectivity index (χ0v) is 18.8. The molecule has 0 atom stereocenters. The summed E-state index contributed by atoms with van der Waals surface area (Å²) < 4.78 is 68.6. The number of halogens is 3. The summed E-state index contributed by atoms with van der Waals surface area (Å²) in [7, 11) is -4.70. The van der Waals surface area contributed by atoms with Gasteiger partial charge in [0.15, 0.2) is 11.6 Å². The number of alkyl halides is 3. The molecule has 1 heterocycles. The first kappa shape index (κ1) is 23.3. The second-order valence-corrected chi connectivity index (χ2v) is 9.27. The number of benzene rings is 3. The number of fused-ring (bicyclic) bond motifs is 1. The Morgan fingerprint density at radius 3 is 2.09 bits per heavy atom. The molecule has 0 bridgehead atoms. The number of phenols is 1. The fourth-order valence-corrected chi connectivity index (χ4v) is 4.55. The zero-order valence-electron chi connectivity index (χ0n) is 18.0. The number of rotatable bonds is 5. The van der Waals surface area contributed by atoms with E-state index in [0.29, 0.717) is 22.8 Å². The molecule has 4 aromatic rings. The van der Waals surface area contributed by atoms with Crippen molar-refractivity contribution in [2.75, 3.05) is 10.0 Å². The van der Waals surface area contributed by atoms with Crippen molar-refractivity contribution in [3.05, 3.63) is 77.4 Å². The molecule has 3 N–H and O–H groups in total. The molecule has 34 heavy (non-hydrogen) atoms. The molecular formula is C23H19F3N4O3S. The molecule has 0 fully saturated rings. The van der Waals surface area contributed by atoms with E-state index in [-0.39, 0.29) is 17.4 Å². The Labute approximate surface area is 193 Å². The number of sulfonamides is 1. The lowest BCUT2D eigenvalue weighted by atomic mass is 10.1. The summed E-state index contributed by atoms with van der Waals surface area (Å²) in [5.74, 6) is -0.392. The maximum absolute atomic E-state index is 13.5. The lowest BCUT2D eigenvalue weighted by Crippen LogP contribution is -2.20. The molecule has 0 saturated heterocycles. The molecule has 7 nitrogen and oxygen atoms in total. The average Bonchev–Trinajstić information content (AvgIpc) is 2.75. The largest absolute Gasteiger partial charge is 0.508 e. The van der Waals surface area contributed by atoms with Crippen LogP contribution in [0.4, 0.5) is 30.5 Å². The highest BCUT2D eigenvalue weighted by molar-refractivity contribution is 7.92. The fraction of sp³-hybridized carbons (Fsp3) is 0.130. The number of aryl methyl sites for hydroxylation is 2. The Morgan fingerprint density at radius 1 is 0.853 bits per heavy atom. The number of hydrogen-bond donors (Lipinski definition) is 3. The van der Waals surface area contributed by atoms with Crippen LogP contribution in [0.3, 0.4) is 0 Å². The van der Waals surface area contributed by atoms with Gasteiger partial charge in [-0.05, 0) is 61.4 Å². The first-order valence-electron chi connectivity index (χ1n) is 9.98. The minimum absolute atomic E-state index is 0.0468. The zero-order chi connectivity index (χ0) is 24.7. The van der Waals surface area contributed by atoms with Gasteiger partial charge < -0.3 is 10.4 Å². The molecule has 1 aromatic heterocycles. The molecule has 0 saturated carbocycles. The van der Waals surface area contributed by atoms with Gasteiger partial charge in [0.05, 0.1) is 21.5 Å². The first-order chi connectivity index (χ1) is 15.9. The molecule has 176 valence electrons. The molecule has 0 aliphatic heterocycles. The van der Waals surface area contributed by atoms with Crippen LogP contribution in [-0.4, -0.2) is 23.5 Å². The molecule has 11 heteroatoms. The molecule has 3 aromatic carbocycles. The lowest BCUT2D eigenvalue weighted by molar-refractivity contribution is -0.139. The van der Waals surface area contributed by atoms with Crippen molar-refractivity contribution in [1.29, 1.82) is 0 Å². The van der Waals surface area contributed by atoms with E-state index in [0.717, 1.165) is 23.3 Å². The van der Waals surface area contributed by atoms with Crippen molar-refractivity contribution in [3.8, 4) is 5.75 Å². The Morgan fingerprint density at radius 2 is 1.47 bits per heavy atom. The highest BCUT2D eigenvalue weighted by Gasteiger charge is 2.37. The van der Waals surface area contributed by atoms with Crippen molar-refractivity contribution in [3.63, 3.8) is 0 Å². The topological polar surface area (TPSA) is 104 Å². The van der Waals surface area contributed by atoms with Gasteiger partial charge >= 0.3 is 6.18 Å². The van der Waals surface area contributed by atoms with Gasteiger partial charge in [-0.3, -0.25) is 4.72 Å². The predicted molar refractivity (Wildman–Crippen MR) is 123 cm³/mol. The molecule has 0 amide bonds. The summed E-state index contributed by atoms with van der Waals surface area (Å²) in [6, 6.07) is 13.3. The second-order valence-electron chi connectivity index (χ2n) is 7.62. The Kier molecular flexibility index (Phi) is 5.82. The van der Waals surface area contributed by atoms with E-state index in [4.69, 9.17) is 0 Å². The van der Waals surface area contributed by atoms with E-state index in [1.807, 2.05) is 13.8 Å². The van der Waals surface area contributed by atoms with Crippen LogP contribution < -0.4 is 10.0 Å². The van der Waals surface area contributed by atoms with Crippen LogP contribution in [0.2, 0.25) is 0 Å². The molecular weight excluding hydrogens is 469 g/mol. The van der Waals surface area contributed by atoms with E-state index in [9.17, 15) is 26.7 Å². The maximum Gasteiger partial charge on any atom is 0.417 e.